The second kappa shape index (κ2) is 15.6. The molecule has 15 heteroatoms. The molecular formula is C40H46N10O5. The lowest BCUT2D eigenvalue weighted by Gasteiger charge is -2.37. The number of imide groups is 1. The minimum absolute atomic E-state index is 0.162. The predicted octanol–water partition coefficient (Wildman–Crippen LogP) is 3.34. The highest BCUT2D eigenvalue weighted by Crippen LogP contribution is 2.36. The Labute approximate surface area is 319 Å². The maximum Gasteiger partial charge on any atom is 0.329 e. The molecule has 55 heavy (non-hydrogen) atoms. The lowest BCUT2D eigenvalue weighted by atomic mass is 9.85. The molecule has 5 heterocycles. The molecule has 7 rings (SSSR count). The third-order valence-corrected chi connectivity index (χ3v) is 11.0. The van der Waals surface area contributed by atoms with Gasteiger partial charge in [0.05, 0.1) is 41.4 Å². The van der Waals surface area contributed by atoms with Gasteiger partial charge in [-0.1, -0.05) is 17.9 Å². The monoisotopic (exact) mass is 746 g/mol. The number of pyridine rings is 1. The van der Waals surface area contributed by atoms with Crippen LogP contribution in [0.25, 0.3) is 15.9 Å². The number of rotatable bonds is 8. The zero-order valence-electron chi connectivity index (χ0n) is 31.4. The lowest BCUT2D eigenvalue weighted by molar-refractivity contribution is -0.135. The van der Waals surface area contributed by atoms with Gasteiger partial charge in [0.25, 0.3) is 5.91 Å². The topological polar surface area (TPSA) is 164 Å². The Morgan fingerprint density at radius 2 is 1.82 bits per heavy atom. The van der Waals surface area contributed by atoms with Gasteiger partial charge in [0.15, 0.2) is 0 Å². The summed E-state index contributed by atoms with van der Waals surface area (Å²) in [7, 11) is 1.69. The summed E-state index contributed by atoms with van der Waals surface area (Å²) in [6, 6.07) is 6.47. The molecule has 1 saturated carbocycles. The van der Waals surface area contributed by atoms with Crippen LogP contribution in [0.5, 0.6) is 0 Å². The quantitative estimate of drug-likeness (QED) is 0.139. The van der Waals surface area contributed by atoms with E-state index in [9.17, 15) is 24.3 Å². The van der Waals surface area contributed by atoms with Crippen LogP contribution in [0.3, 0.4) is 0 Å². The van der Waals surface area contributed by atoms with E-state index >= 15 is 0 Å². The summed E-state index contributed by atoms with van der Waals surface area (Å²) in [5.74, 6) is 5.99. The minimum Gasteiger partial charge on any atom is -0.384 e. The van der Waals surface area contributed by atoms with E-state index in [1.807, 2.05) is 29.1 Å². The Bertz CT molecular complexity index is 2280. The summed E-state index contributed by atoms with van der Waals surface area (Å²) in [6.07, 6.45) is 9.13. The van der Waals surface area contributed by atoms with Crippen molar-refractivity contribution in [3.05, 3.63) is 81.6 Å². The van der Waals surface area contributed by atoms with Gasteiger partial charge in [0.1, 0.15) is 17.3 Å². The molecule has 1 aliphatic carbocycles. The zero-order valence-corrected chi connectivity index (χ0v) is 31.4. The molecule has 0 radical (unpaired) electrons. The van der Waals surface area contributed by atoms with E-state index in [-0.39, 0.29) is 41.7 Å². The summed E-state index contributed by atoms with van der Waals surface area (Å²) in [5, 5.41) is 20.9. The predicted molar refractivity (Wildman–Crippen MR) is 205 cm³/mol. The molecule has 4 aromatic rings. The third-order valence-electron chi connectivity index (χ3n) is 11.0. The Balaban J connectivity index is 0.909. The van der Waals surface area contributed by atoms with Crippen molar-refractivity contribution in [2.45, 2.75) is 70.1 Å². The molecule has 3 amide bonds. The van der Waals surface area contributed by atoms with Gasteiger partial charge in [-0.3, -0.25) is 43.4 Å². The largest absolute Gasteiger partial charge is 0.384 e. The number of piperazine rings is 1. The van der Waals surface area contributed by atoms with Gasteiger partial charge < -0.3 is 15.3 Å². The number of anilines is 1. The number of aromatic nitrogens is 5. The molecule has 2 saturated heterocycles. The van der Waals surface area contributed by atoms with Crippen molar-refractivity contribution in [1.82, 2.24) is 39.0 Å². The van der Waals surface area contributed by atoms with Crippen LogP contribution < -0.4 is 16.3 Å². The van der Waals surface area contributed by atoms with Gasteiger partial charge in [-0.15, -0.1) is 0 Å². The van der Waals surface area contributed by atoms with E-state index in [2.05, 4.69) is 42.1 Å². The van der Waals surface area contributed by atoms with E-state index in [1.54, 1.807) is 20.9 Å². The SMILES string of the molecule is [C-]#[N+]c1cncc(C(=O)Nc2cn(C3CCC(CN4CCN(CC#Cc5cccc6c5n(C)c(=O)n6C5CCC(=O)NC5=O)CC4)CC3)nc2C(C)(C)O)c1. The molecular weight excluding hydrogens is 701 g/mol. The number of carbonyl (C=O) groups is 3. The first-order valence-electron chi connectivity index (χ1n) is 18.8. The maximum absolute atomic E-state index is 13.2. The molecule has 3 aliphatic rings. The van der Waals surface area contributed by atoms with Crippen LogP contribution in [-0.2, 0) is 22.2 Å². The van der Waals surface area contributed by atoms with Crippen LogP contribution in [0.15, 0.2) is 47.7 Å². The van der Waals surface area contributed by atoms with E-state index in [0.29, 0.717) is 34.9 Å². The van der Waals surface area contributed by atoms with Gasteiger partial charge in [-0.05, 0) is 70.1 Å². The number of aliphatic hydroxyl groups is 1. The number of fused-ring (bicyclic) bond motifs is 1. The van der Waals surface area contributed by atoms with Crippen molar-refractivity contribution in [2.75, 3.05) is 44.6 Å². The van der Waals surface area contributed by atoms with Crippen molar-refractivity contribution in [3.8, 4) is 11.8 Å². The molecule has 3 aromatic heterocycles. The first kappa shape index (κ1) is 37.7. The van der Waals surface area contributed by atoms with Crippen LogP contribution in [0.4, 0.5) is 11.4 Å². The minimum atomic E-state index is -1.27. The summed E-state index contributed by atoms with van der Waals surface area (Å²) >= 11 is 0. The molecule has 15 nitrogen and oxygen atoms in total. The highest BCUT2D eigenvalue weighted by atomic mass is 16.3. The Hall–Kier alpha value is -5.61. The van der Waals surface area contributed by atoms with Crippen LogP contribution in [0.1, 0.15) is 86.1 Å². The summed E-state index contributed by atoms with van der Waals surface area (Å²) in [4.78, 5) is 62.8. The molecule has 0 spiro atoms. The average molecular weight is 747 g/mol. The fourth-order valence-electron chi connectivity index (χ4n) is 8.03. The average Bonchev–Trinajstić information content (AvgIpc) is 3.71. The van der Waals surface area contributed by atoms with Crippen LogP contribution in [0, 0.1) is 24.3 Å². The fraction of sp³-hybridized carbons (Fsp3) is 0.475. The number of hydrogen-bond acceptors (Lipinski definition) is 9. The van der Waals surface area contributed by atoms with Gasteiger partial charge in [0, 0.05) is 70.3 Å². The van der Waals surface area contributed by atoms with Crippen LogP contribution in [0.2, 0.25) is 0 Å². The lowest BCUT2D eigenvalue weighted by Crippen LogP contribution is -2.48. The van der Waals surface area contributed by atoms with E-state index < -0.39 is 23.5 Å². The van der Waals surface area contributed by atoms with Crippen molar-refractivity contribution < 1.29 is 19.5 Å². The van der Waals surface area contributed by atoms with Gasteiger partial charge in [-0.25, -0.2) is 9.64 Å². The summed E-state index contributed by atoms with van der Waals surface area (Å²) < 4.78 is 4.91. The Morgan fingerprint density at radius 1 is 1.07 bits per heavy atom. The molecule has 0 bridgehead atoms. The Morgan fingerprint density at radius 3 is 2.53 bits per heavy atom. The standard InChI is InChI=1S/C40H46N10O5/c1-40(2,55)36-31(43-37(52)28-21-29(41-3)23-42-22-28)25-49(45-36)30-12-10-26(11-13-30)24-48-19-17-47(18-20-48)16-6-8-27-7-5-9-32-35(27)46(4)39(54)50(32)33-14-15-34(51)44-38(33)53/h5,7,9,21-23,25-26,30,33,55H,10-20,24H2,1-2,4H3,(H,43,52)(H,44,51,53). The van der Waals surface area contributed by atoms with Crippen LogP contribution >= 0.6 is 0 Å². The number of nitrogens with one attached hydrogen (secondary N) is 2. The highest BCUT2D eigenvalue weighted by molar-refractivity contribution is 6.05. The first-order valence-corrected chi connectivity index (χ1v) is 18.8. The van der Waals surface area contributed by atoms with Gasteiger partial charge in [-0.2, -0.15) is 5.10 Å². The second-order valence-corrected chi connectivity index (χ2v) is 15.3. The molecule has 2 aliphatic heterocycles. The van der Waals surface area contributed by atoms with Crippen LogP contribution in [-0.4, -0.2) is 95.8 Å². The van der Waals surface area contributed by atoms with Crippen molar-refractivity contribution in [1.29, 1.82) is 0 Å². The molecule has 286 valence electrons. The second-order valence-electron chi connectivity index (χ2n) is 15.3. The molecule has 1 atom stereocenters. The molecule has 1 unspecified atom stereocenters. The van der Waals surface area contributed by atoms with E-state index in [4.69, 9.17) is 11.7 Å². The first-order chi connectivity index (χ1) is 26.4. The normalized spacial score (nSPS) is 21.1. The van der Waals surface area contributed by atoms with E-state index in [0.717, 1.165) is 64.0 Å². The fourth-order valence-corrected chi connectivity index (χ4v) is 8.03. The highest BCUT2D eigenvalue weighted by Gasteiger charge is 2.33. The van der Waals surface area contributed by atoms with E-state index in [1.165, 1.54) is 27.6 Å². The summed E-state index contributed by atoms with van der Waals surface area (Å²) in [6.45, 7) is 15.9. The number of amides is 3. The Kier molecular flexibility index (Phi) is 10.7. The molecule has 3 fully saturated rings. The number of nitrogens with zero attached hydrogens (tertiary/aromatic N) is 8. The molecule has 1 aromatic carbocycles. The summed E-state index contributed by atoms with van der Waals surface area (Å²) in [5.41, 5.74) is 1.85. The number of piperidine rings is 1. The van der Waals surface area contributed by atoms with Crippen molar-refractivity contribution in [3.63, 3.8) is 0 Å². The molecule has 3 N–H and O–H groups in total. The van der Waals surface area contributed by atoms with Gasteiger partial charge >= 0.3 is 5.69 Å². The smallest absolute Gasteiger partial charge is 0.329 e. The third kappa shape index (κ3) is 8.10. The maximum atomic E-state index is 13.2. The van der Waals surface area contributed by atoms with Gasteiger partial charge in [0.2, 0.25) is 17.5 Å². The van der Waals surface area contributed by atoms with Crippen molar-refractivity contribution in [2.24, 2.45) is 13.0 Å². The number of aryl methyl sites for hydroxylation is 1. The van der Waals surface area contributed by atoms with Crippen molar-refractivity contribution >= 4 is 40.1 Å². The number of carbonyl (C=O) groups excluding carboxylic acids is 3. The number of para-hydroxylation sites is 1. The number of hydrogen-bond donors (Lipinski definition) is 3. The zero-order chi connectivity index (χ0) is 38.9. The number of imidazole rings is 1. The number of benzene rings is 1.